The Kier molecular flexibility index (Phi) is 4.01. The third-order valence-electron chi connectivity index (χ3n) is 2.35. The lowest BCUT2D eigenvalue weighted by atomic mass is 10.1. The molecule has 0 saturated carbocycles. The van der Waals surface area contributed by atoms with Crippen molar-refractivity contribution in [1.29, 1.82) is 0 Å². The van der Waals surface area contributed by atoms with Gasteiger partial charge in [0.05, 0.1) is 18.1 Å². The summed E-state index contributed by atoms with van der Waals surface area (Å²) in [5.41, 5.74) is -0.921. The molecule has 1 aliphatic rings. The van der Waals surface area contributed by atoms with Crippen LogP contribution < -0.4 is 10.6 Å². The van der Waals surface area contributed by atoms with Crippen molar-refractivity contribution in [3.63, 3.8) is 0 Å². The van der Waals surface area contributed by atoms with Gasteiger partial charge in [-0.05, 0) is 21.0 Å². The smallest absolute Gasteiger partial charge is 0.244 e. The van der Waals surface area contributed by atoms with Crippen molar-refractivity contribution in [2.24, 2.45) is 0 Å². The van der Waals surface area contributed by atoms with Crippen LogP contribution in [0.2, 0.25) is 0 Å². The lowest BCUT2D eigenvalue weighted by Gasteiger charge is -2.28. The number of carbonyl (C=O) groups excluding carboxylic acids is 2. The van der Waals surface area contributed by atoms with Crippen LogP contribution in [-0.4, -0.2) is 60.6 Å². The maximum Gasteiger partial charge on any atom is 0.244 e. The molecule has 0 bridgehead atoms. The van der Waals surface area contributed by atoms with E-state index >= 15 is 0 Å². The number of rotatable bonds is 5. The van der Waals surface area contributed by atoms with Crippen LogP contribution in [-0.2, 0) is 9.59 Å². The molecule has 0 aliphatic carbocycles. The third kappa shape index (κ3) is 3.88. The van der Waals surface area contributed by atoms with E-state index in [1.807, 2.05) is 19.0 Å². The van der Waals surface area contributed by atoms with Gasteiger partial charge in [-0.15, -0.1) is 0 Å². The van der Waals surface area contributed by atoms with Gasteiger partial charge in [0, 0.05) is 13.1 Å². The van der Waals surface area contributed by atoms with E-state index < -0.39 is 11.6 Å². The molecule has 0 aromatic rings. The lowest BCUT2D eigenvalue weighted by molar-refractivity contribution is -0.125. The van der Waals surface area contributed by atoms with Crippen molar-refractivity contribution >= 4 is 11.8 Å². The summed E-state index contributed by atoms with van der Waals surface area (Å²) in [6.45, 7) is 2.45. The van der Waals surface area contributed by atoms with Crippen molar-refractivity contribution in [2.45, 2.75) is 25.0 Å². The normalized spacial score (nSPS) is 24.7. The average molecular weight is 229 g/mol. The zero-order chi connectivity index (χ0) is 12.3. The molecule has 0 aromatic carbocycles. The third-order valence-corrected chi connectivity index (χ3v) is 2.35. The molecule has 3 N–H and O–H groups in total. The first kappa shape index (κ1) is 13.1. The Morgan fingerprint density at radius 3 is 2.62 bits per heavy atom. The Morgan fingerprint density at radius 1 is 1.56 bits per heavy atom. The monoisotopic (exact) mass is 229 g/mol. The highest BCUT2D eigenvalue weighted by Crippen LogP contribution is 2.06. The topological polar surface area (TPSA) is 81.7 Å². The van der Waals surface area contributed by atoms with Crippen LogP contribution in [0.4, 0.5) is 0 Å². The molecule has 1 aliphatic heterocycles. The summed E-state index contributed by atoms with van der Waals surface area (Å²) in [5, 5.41) is 15.1. The molecule has 1 saturated heterocycles. The fourth-order valence-corrected chi connectivity index (χ4v) is 1.80. The number of imide groups is 1. The summed E-state index contributed by atoms with van der Waals surface area (Å²) >= 11 is 0. The Bertz CT molecular complexity index is 289. The highest BCUT2D eigenvalue weighted by atomic mass is 16.3. The van der Waals surface area contributed by atoms with Crippen LogP contribution in [0.1, 0.15) is 13.3 Å². The number of likely N-dealkylation sites (N-methyl/N-ethyl adjacent to an activating group) is 1. The molecule has 6 nitrogen and oxygen atoms in total. The quantitative estimate of drug-likeness (QED) is 0.490. The molecule has 1 rings (SSSR count). The number of hydrogen-bond acceptors (Lipinski definition) is 5. The van der Waals surface area contributed by atoms with E-state index in [2.05, 4.69) is 10.6 Å². The molecule has 0 spiro atoms. The van der Waals surface area contributed by atoms with Crippen molar-refractivity contribution < 1.29 is 14.7 Å². The van der Waals surface area contributed by atoms with E-state index in [1.165, 1.54) is 0 Å². The number of amides is 2. The molecule has 2 unspecified atom stereocenters. The zero-order valence-corrected chi connectivity index (χ0v) is 9.91. The highest BCUT2D eigenvalue weighted by Gasteiger charge is 2.32. The van der Waals surface area contributed by atoms with Crippen LogP contribution in [0.15, 0.2) is 0 Å². The minimum absolute atomic E-state index is 0.150. The summed E-state index contributed by atoms with van der Waals surface area (Å²) < 4.78 is 0. The molecule has 1 heterocycles. The standard InChI is InChI=1S/C10H19N3O3/c1-10(16,6-13(2)3)5-11-7-4-8(14)12-9(7)15/h7,11,16H,4-6H2,1-3H3,(H,12,14,15). The molecule has 16 heavy (non-hydrogen) atoms. The second-order valence-corrected chi connectivity index (χ2v) is 4.78. The van der Waals surface area contributed by atoms with Gasteiger partial charge in [0.25, 0.3) is 0 Å². The Balaban J connectivity index is 2.39. The first-order valence-electron chi connectivity index (χ1n) is 5.24. The number of hydrogen-bond donors (Lipinski definition) is 3. The predicted octanol–water partition coefficient (Wildman–Crippen LogP) is -1.70. The molecular formula is C10H19N3O3. The fraction of sp³-hybridized carbons (Fsp3) is 0.800. The maximum atomic E-state index is 11.2. The molecule has 2 amide bonds. The summed E-state index contributed by atoms with van der Waals surface area (Å²) in [4.78, 5) is 24.0. The number of carbonyl (C=O) groups is 2. The second-order valence-electron chi connectivity index (χ2n) is 4.78. The Hall–Kier alpha value is -0.980. The van der Waals surface area contributed by atoms with Crippen molar-refractivity contribution in [3.8, 4) is 0 Å². The minimum Gasteiger partial charge on any atom is -0.388 e. The van der Waals surface area contributed by atoms with Crippen LogP contribution in [0.25, 0.3) is 0 Å². The van der Waals surface area contributed by atoms with Crippen LogP contribution in [0.5, 0.6) is 0 Å². The van der Waals surface area contributed by atoms with Gasteiger partial charge in [-0.1, -0.05) is 0 Å². The highest BCUT2D eigenvalue weighted by molar-refractivity contribution is 6.05. The van der Waals surface area contributed by atoms with Crippen molar-refractivity contribution in [1.82, 2.24) is 15.5 Å². The van der Waals surface area contributed by atoms with E-state index in [1.54, 1.807) is 6.92 Å². The predicted molar refractivity (Wildman–Crippen MR) is 58.7 cm³/mol. The van der Waals surface area contributed by atoms with Crippen molar-refractivity contribution in [3.05, 3.63) is 0 Å². The largest absolute Gasteiger partial charge is 0.388 e. The van der Waals surface area contributed by atoms with Gasteiger partial charge in [0.15, 0.2) is 0 Å². The van der Waals surface area contributed by atoms with E-state index in [-0.39, 0.29) is 24.8 Å². The molecule has 92 valence electrons. The molecule has 2 atom stereocenters. The van der Waals surface area contributed by atoms with Gasteiger partial charge in [0.1, 0.15) is 0 Å². The van der Waals surface area contributed by atoms with Crippen LogP contribution in [0, 0.1) is 0 Å². The molecule has 0 radical (unpaired) electrons. The van der Waals surface area contributed by atoms with Gasteiger partial charge in [-0.25, -0.2) is 0 Å². The summed E-state index contributed by atoms with van der Waals surface area (Å²) in [7, 11) is 3.72. The fourth-order valence-electron chi connectivity index (χ4n) is 1.80. The van der Waals surface area contributed by atoms with E-state index in [4.69, 9.17) is 0 Å². The maximum absolute atomic E-state index is 11.2. The number of nitrogens with one attached hydrogen (secondary N) is 2. The van der Waals surface area contributed by atoms with Crippen LogP contribution in [0.3, 0.4) is 0 Å². The van der Waals surface area contributed by atoms with Gasteiger partial charge >= 0.3 is 0 Å². The van der Waals surface area contributed by atoms with Gasteiger partial charge in [-0.3, -0.25) is 14.9 Å². The summed E-state index contributed by atoms with van der Waals surface area (Å²) in [6.07, 6.45) is 0.150. The first-order chi connectivity index (χ1) is 7.30. The first-order valence-corrected chi connectivity index (χ1v) is 5.24. The van der Waals surface area contributed by atoms with E-state index in [9.17, 15) is 14.7 Å². The minimum atomic E-state index is -0.921. The average Bonchev–Trinajstić information content (AvgIpc) is 2.39. The lowest BCUT2D eigenvalue weighted by Crippen LogP contribution is -2.49. The number of nitrogens with zero attached hydrogens (tertiary/aromatic N) is 1. The summed E-state index contributed by atoms with van der Waals surface area (Å²) in [6, 6.07) is -0.513. The zero-order valence-electron chi connectivity index (χ0n) is 9.91. The Labute approximate surface area is 95.0 Å². The second kappa shape index (κ2) is 4.90. The Morgan fingerprint density at radius 2 is 2.19 bits per heavy atom. The molecular weight excluding hydrogens is 210 g/mol. The molecule has 1 fully saturated rings. The number of aliphatic hydroxyl groups is 1. The van der Waals surface area contributed by atoms with Crippen LogP contribution >= 0.6 is 0 Å². The van der Waals surface area contributed by atoms with Gasteiger partial charge < -0.3 is 15.3 Å². The van der Waals surface area contributed by atoms with Gasteiger partial charge in [0.2, 0.25) is 11.8 Å². The SMILES string of the molecule is CN(C)CC(C)(O)CNC1CC(=O)NC1=O. The summed E-state index contributed by atoms with van der Waals surface area (Å²) in [5.74, 6) is -0.583. The molecule has 6 heteroatoms. The van der Waals surface area contributed by atoms with E-state index in [0.717, 1.165) is 0 Å². The van der Waals surface area contributed by atoms with E-state index in [0.29, 0.717) is 6.54 Å². The van der Waals surface area contributed by atoms with Gasteiger partial charge in [-0.2, -0.15) is 0 Å². The molecule has 0 aromatic heterocycles. The van der Waals surface area contributed by atoms with Crippen molar-refractivity contribution in [2.75, 3.05) is 27.2 Å².